The summed E-state index contributed by atoms with van der Waals surface area (Å²) < 4.78 is 5.48. The number of aromatic amines is 1. The number of pyridine rings is 1. The molecule has 2 aromatic heterocycles. The van der Waals surface area contributed by atoms with Crippen molar-refractivity contribution in [2.75, 3.05) is 13.2 Å². The zero-order chi connectivity index (χ0) is 19.3. The second-order valence-corrected chi connectivity index (χ2v) is 6.93. The van der Waals surface area contributed by atoms with Gasteiger partial charge in [-0.3, -0.25) is 14.9 Å². The maximum atomic E-state index is 13.0. The highest BCUT2D eigenvalue weighted by Crippen LogP contribution is 2.36. The molecule has 1 saturated heterocycles. The number of benzene rings is 1. The highest BCUT2D eigenvalue weighted by Gasteiger charge is 2.32. The molecule has 3 heterocycles. The second-order valence-electron chi connectivity index (χ2n) is 6.93. The lowest BCUT2D eigenvalue weighted by Crippen LogP contribution is -2.32. The minimum Gasteiger partial charge on any atom is -0.494 e. The van der Waals surface area contributed by atoms with Crippen molar-refractivity contribution in [2.24, 2.45) is 0 Å². The Morgan fingerprint density at radius 1 is 1.21 bits per heavy atom. The van der Waals surface area contributed by atoms with Crippen molar-refractivity contribution in [1.82, 2.24) is 20.1 Å². The van der Waals surface area contributed by atoms with E-state index in [1.165, 1.54) is 0 Å². The van der Waals surface area contributed by atoms with Crippen LogP contribution >= 0.6 is 0 Å². The SMILES string of the molecule is CCOc1ccc(CC(=O)N2CCCC2c2[nH]ncc2-c2ccncc2)cc1. The Morgan fingerprint density at radius 3 is 2.75 bits per heavy atom. The summed E-state index contributed by atoms with van der Waals surface area (Å²) in [6.07, 6.45) is 7.70. The van der Waals surface area contributed by atoms with E-state index in [0.717, 1.165) is 47.5 Å². The first kappa shape index (κ1) is 18.2. The number of hydrogen-bond acceptors (Lipinski definition) is 4. The summed E-state index contributed by atoms with van der Waals surface area (Å²) in [6, 6.07) is 11.7. The summed E-state index contributed by atoms with van der Waals surface area (Å²) in [5, 5.41) is 7.39. The quantitative estimate of drug-likeness (QED) is 0.711. The molecule has 0 saturated carbocycles. The number of likely N-dealkylation sites (tertiary alicyclic amines) is 1. The number of amides is 1. The highest BCUT2D eigenvalue weighted by atomic mass is 16.5. The van der Waals surface area contributed by atoms with Crippen LogP contribution in [0.2, 0.25) is 0 Å². The smallest absolute Gasteiger partial charge is 0.227 e. The normalized spacial score (nSPS) is 16.3. The molecule has 144 valence electrons. The number of rotatable bonds is 6. The van der Waals surface area contributed by atoms with E-state index in [4.69, 9.17) is 4.74 Å². The molecule has 1 aromatic carbocycles. The predicted octanol–water partition coefficient (Wildman–Crippen LogP) is 3.78. The molecule has 4 rings (SSSR count). The Hall–Kier alpha value is -3.15. The van der Waals surface area contributed by atoms with Crippen LogP contribution in [-0.4, -0.2) is 39.1 Å². The lowest BCUT2D eigenvalue weighted by atomic mass is 10.0. The molecule has 3 aromatic rings. The fourth-order valence-corrected chi connectivity index (χ4v) is 3.82. The molecule has 1 aliphatic heterocycles. The van der Waals surface area contributed by atoms with Crippen LogP contribution in [0.3, 0.4) is 0 Å². The van der Waals surface area contributed by atoms with E-state index in [9.17, 15) is 4.79 Å². The maximum absolute atomic E-state index is 13.0. The summed E-state index contributed by atoms with van der Waals surface area (Å²) in [4.78, 5) is 19.1. The molecule has 1 amide bonds. The molecule has 0 radical (unpaired) electrons. The molecule has 6 heteroatoms. The molecule has 0 spiro atoms. The van der Waals surface area contributed by atoms with Gasteiger partial charge in [0.25, 0.3) is 0 Å². The Bertz CT molecular complexity index is 921. The van der Waals surface area contributed by atoms with Crippen LogP contribution < -0.4 is 4.74 Å². The van der Waals surface area contributed by atoms with Gasteiger partial charge in [-0.2, -0.15) is 5.10 Å². The Kier molecular flexibility index (Phi) is 5.37. The molecule has 1 atom stereocenters. The first-order valence-corrected chi connectivity index (χ1v) is 9.71. The maximum Gasteiger partial charge on any atom is 0.227 e. The third-order valence-corrected chi connectivity index (χ3v) is 5.16. The number of hydrogen-bond donors (Lipinski definition) is 1. The molecule has 6 nitrogen and oxygen atoms in total. The topological polar surface area (TPSA) is 71.1 Å². The van der Waals surface area contributed by atoms with Crippen LogP contribution in [0.5, 0.6) is 5.75 Å². The van der Waals surface area contributed by atoms with Crippen LogP contribution in [0.1, 0.15) is 37.1 Å². The van der Waals surface area contributed by atoms with Crippen molar-refractivity contribution in [1.29, 1.82) is 0 Å². The Morgan fingerprint density at radius 2 is 2.00 bits per heavy atom. The fraction of sp³-hybridized carbons (Fsp3) is 0.318. The summed E-state index contributed by atoms with van der Waals surface area (Å²) in [6.45, 7) is 3.37. The summed E-state index contributed by atoms with van der Waals surface area (Å²) in [5.41, 5.74) is 4.10. The number of H-pyrrole nitrogens is 1. The van der Waals surface area contributed by atoms with Gasteiger partial charge in [0.1, 0.15) is 5.75 Å². The van der Waals surface area contributed by atoms with Crippen molar-refractivity contribution in [3.8, 4) is 16.9 Å². The van der Waals surface area contributed by atoms with Crippen LogP contribution in [0.4, 0.5) is 0 Å². The second kappa shape index (κ2) is 8.25. The van der Waals surface area contributed by atoms with Gasteiger partial charge < -0.3 is 9.64 Å². The first-order chi connectivity index (χ1) is 13.8. The van der Waals surface area contributed by atoms with E-state index in [-0.39, 0.29) is 11.9 Å². The molecule has 1 fully saturated rings. The monoisotopic (exact) mass is 376 g/mol. The van der Waals surface area contributed by atoms with Gasteiger partial charge in [0, 0.05) is 24.5 Å². The highest BCUT2D eigenvalue weighted by molar-refractivity contribution is 5.80. The van der Waals surface area contributed by atoms with Crippen molar-refractivity contribution < 1.29 is 9.53 Å². The number of ether oxygens (including phenoxy) is 1. The van der Waals surface area contributed by atoms with E-state index < -0.39 is 0 Å². The van der Waals surface area contributed by atoms with E-state index in [2.05, 4.69) is 15.2 Å². The third kappa shape index (κ3) is 3.76. The molecule has 1 unspecified atom stereocenters. The number of aromatic nitrogens is 3. The minimum atomic E-state index is 0.0286. The van der Waals surface area contributed by atoms with Crippen molar-refractivity contribution in [3.05, 3.63) is 66.2 Å². The molecule has 0 aliphatic carbocycles. The van der Waals surface area contributed by atoms with Gasteiger partial charge in [0.15, 0.2) is 0 Å². The predicted molar refractivity (Wildman–Crippen MR) is 107 cm³/mol. The van der Waals surface area contributed by atoms with Crippen LogP contribution in [0.25, 0.3) is 11.1 Å². The van der Waals surface area contributed by atoms with Crippen LogP contribution in [-0.2, 0) is 11.2 Å². The van der Waals surface area contributed by atoms with E-state index in [1.54, 1.807) is 12.4 Å². The fourth-order valence-electron chi connectivity index (χ4n) is 3.82. The zero-order valence-corrected chi connectivity index (χ0v) is 16.0. The average molecular weight is 376 g/mol. The molecule has 0 bridgehead atoms. The average Bonchev–Trinajstić information content (AvgIpc) is 3.39. The number of carbonyl (C=O) groups excluding carboxylic acids is 1. The summed E-state index contributed by atoms with van der Waals surface area (Å²) in [5.74, 6) is 0.971. The molecule has 1 aliphatic rings. The molecular weight excluding hydrogens is 352 g/mol. The van der Waals surface area contributed by atoms with Crippen molar-refractivity contribution in [2.45, 2.75) is 32.2 Å². The standard InChI is InChI=1S/C22H24N4O2/c1-2-28-18-7-5-16(6-8-18)14-21(27)26-13-3-4-20(26)22-19(15-24-25-22)17-9-11-23-12-10-17/h5-12,15,20H,2-4,13-14H2,1H3,(H,24,25). The summed E-state index contributed by atoms with van der Waals surface area (Å²) in [7, 11) is 0. The van der Waals surface area contributed by atoms with Gasteiger partial charge in [-0.05, 0) is 55.2 Å². The Labute approximate surface area is 164 Å². The lowest BCUT2D eigenvalue weighted by Gasteiger charge is -2.25. The van der Waals surface area contributed by atoms with E-state index in [0.29, 0.717) is 13.0 Å². The van der Waals surface area contributed by atoms with Gasteiger partial charge in [-0.15, -0.1) is 0 Å². The number of nitrogens with zero attached hydrogens (tertiary/aromatic N) is 3. The van der Waals surface area contributed by atoms with Crippen molar-refractivity contribution in [3.63, 3.8) is 0 Å². The zero-order valence-electron chi connectivity index (χ0n) is 16.0. The molecule has 28 heavy (non-hydrogen) atoms. The largest absolute Gasteiger partial charge is 0.494 e. The minimum absolute atomic E-state index is 0.0286. The van der Waals surface area contributed by atoms with Gasteiger partial charge in [-0.1, -0.05) is 12.1 Å². The molecule has 1 N–H and O–H groups in total. The van der Waals surface area contributed by atoms with Gasteiger partial charge in [-0.25, -0.2) is 0 Å². The molecular formula is C22H24N4O2. The van der Waals surface area contributed by atoms with Gasteiger partial charge >= 0.3 is 0 Å². The van der Waals surface area contributed by atoms with Gasteiger partial charge in [0.2, 0.25) is 5.91 Å². The van der Waals surface area contributed by atoms with Crippen LogP contribution in [0, 0.1) is 0 Å². The number of nitrogens with one attached hydrogen (secondary N) is 1. The third-order valence-electron chi connectivity index (χ3n) is 5.16. The first-order valence-electron chi connectivity index (χ1n) is 9.71. The van der Waals surface area contributed by atoms with Gasteiger partial charge in [0.05, 0.1) is 31.0 Å². The van der Waals surface area contributed by atoms with Crippen molar-refractivity contribution >= 4 is 5.91 Å². The van der Waals surface area contributed by atoms with E-state index in [1.807, 2.05) is 54.4 Å². The van der Waals surface area contributed by atoms with E-state index >= 15 is 0 Å². The number of carbonyl (C=O) groups is 1. The Balaban J connectivity index is 1.51. The van der Waals surface area contributed by atoms with Crippen LogP contribution in [0.15, 0.2) is 55.0 Å². The summed E-state index contributed by atoms with van der Waals surface area (Å²) >= 11 is 0. The lowest BCUT2D eigenvalue weighted by molar-refractivity contribution is -0.131.